The monoisotopic (exact) mass is 308 g/mol. The molecule has 1 saturated heterocycles. The average Bonchev–Trinajstić information content (AvgIpc) is 3.03. The van der Waals surface area contributed by atoms with E-state index in [4.69, 9.17) is 9.47 Å². The molecule has 1 heterocycles. The van der Waals surface area contributed by atoms with E-state index in [1.54, 1.807) is 7.11 Å². The summed E-state index contributed by atoms with van der Waals surface area (Å²) in [6, 6.07) is 0. The lowest BCUT2D eigenvalue weighted by Crippen LogP contribution is -2.44. The number of rotatable bonds is 4. The molecule has 0 radical (unpaired) electrons. The van der Waals surface area contributed by atoms with Gasteiger partial charge < -0.3 is 14.6 Å². The molecule has 124 valence electrons. The van der Waals surface area contributed by atoms with Gasteiger partial charge in [0.1, 0.15) is 0 Å². The Balaban J connectivity index is 1.67. The van der Waals surface area contributed by atoms with E-state index in [0.29, 0.717) is 11.7 Å². The highest BCUT2D eigenvalue weighted by Crippen LogP contribution is 2.40. The summed E-state index contributed by atoms with van der Waals surface area (Å²) in [7, 11) is 1.69. The predicted molar refractivity (Wildman–Crippen MR) is 83.7 cm³/mol. The molecule has 4 heteroatoms. The molecule has 0 bridgehead atoms. The lowest BCUT2D eigenvalue weighted by atomic mass is 9.74. The number of fused-ring (bicyclic) bond motifs is 1. The Labute approximate surface area is 132 Å². The van der Waals surface area contributed by atoms with Crippen molar-refractivity contribution in [3.63, 3.8) is 0 Å². The number of carbonyl (C=O) groups is 1. The molecule has 3 aliphatic rings. The number of hydrogen-bond donors (Lipinski definition) is 1. The second kappa shape index (κ2) is 7.14. The van der Waals surface area contributed by atoms with Gasteiger partial charge in [-0.05, 0) is 32.1 Å². The van der Waals surface area contributed by atoms with Crippen LogP contribution in [0.5, 0.6) is 0 Å². The minimum absolute atomic E-state index is 0.0419. The van der Waals surface area contributed by atoms with Crippen molar-refractivity contribution >= 4 is 5.78 Å². The van der Waals surface area contributed by atoms with Gasteiger partial charge >= 0.3 is 0 Å². The SMILES string of the molecule is COC1C(C(=O)/C=C(\O)C2CCCCC2)CCC2OCCC21. The van der Waals surface area contributed by atoms with Gasteiger partial charge in [0, 0.05) is 37.5 Å². The first-order valence-electron chi connectivity index (χ1n) is 8.79. The first-order valence-corrected chi connectivity index (χ1v) is 8.79. The summed E-state index contributed by atoms with van der Waals surface area (Å²) >= 11 is 0. The molecular weight excluding hydrogens is 280 g/mol. The standard InChI is InChI=1S/C18H28O4/c1-21-18-13(7-8-17-14(18)9-10-22-17)16(20)11-15(19)12-5-3-2-4-6-12/h11-14,17-19H,2-10H2,1H3/b15-11-. The van der Waals surface area contributed by atoms with E-state index in [0.717, 1.165) is 51.6 Å². The molecule has 1 aliphatic heterocycles. The van der Waals surface area contributed by atoms with E-state index < -0.39 is 0 Å². The molecule has 4 nitrogen and oxygen atoms in total. The van der Waals surface area contributed by atoms with Crippen molar-refractivity contribution in [2.45, 2.75) is 63.6 Å². The lowest BCUT2D eigenvalue weighted by Gasteiger charge is -2.37. The fourth-order valence-electron chi connectivity index (χ4n) is 4.56. The molecule has 3 rings (SSSR count). The second-order valence-electron chi connectivity index (χ2n) is 7.05. The number of aliphatic hydroxyl groups excluding tert-OH is 1. The third kappa shape index (κ3) is 3.23. The van der Waals surface area contributed by atoms with Crippen LogP contribution in [-0.2, 0) is 14.3 Å². The van der Waals surface area contributed by atoms with Crippen LogP contribution in [0.2, 0.25) is 0 Å². The van der Waals surface area contributed by atoms with Crippen LogP contribution in [0.1, 0.15) is 51.4 Å². The molecular formula is C18H28O4. The van der Waals surface area contributed by atoms with Gasteiger partial charge in [-0.1, -0.05) is 19.3 Å². The molecule has 0 aromatic heterocycles. The first kappa shape index (κ1) is 16.0. The number of ether oxygens (including phenoxy) is 2. The molecule has 22 heavy (non-hydrogen) atoms. The molecule has 0 spiro atoms. The van der Waals surface area contributed by atoms with Gasteiger partial charge in [0.05, 0.1) is 18.0 Å². The van der Waals surface area contributed by atoms with Crippen molar-refractivity contribution in [2.24, 2.45) is 17.8 Å². The Morgan fingerprint density at radius 3 is 2.64 bits per heavy atom. The summed E-state index contributed by atoms with van der Waals surface area (Å²) in [4.78, 5) is 12.7. The van der Waals surface area contributed by atoms with Crippen molar-refractivity contribution in [3.8, 4) is 0 Å². The third-order valence-corrected chi connectivity index (χ3v) is 5.79. The van der Waals surface area contributed by atoms with E-state index in [9.17, 15) is 9.90 Å². The molecule has 3 fully saturated rings. The van der Waals surface area contributed by atoms with Crippen molar-refractivity contribution in [2.75, 3.05) is 13.7 Å². The fraction of sp³-hybridized carbons (Fsp3) is 0.833. The Hall–Kier alpha value is -0.870. The van der Waals surface area contributed by atoms with Gasteiger partial charge in [-0.2, -0.15) is 0 Å². The maximum Gasteiger partial charge on any atom is 0.164 e. The van der Waals surface area contributed by atoms with Crippen molar-refractivity contribution in [3.05, 3.63) is 11.8 Å². The Morgan fingerprint density at radius 2 is 1.91 bits per heavy atom. The van der Waals surface area contributed by atoms with Gasteiger partial charge in [-0.15, -0.1) is 0 Å². The number of methoxy groups -OCH3 is 1. The minimum atomic E-state index is -0.126. The van der Waals surface area contributed by atoms with E-state index in [1.165, 1.54) is 12.5 Å². The zero-order valence-corrected chi connectivity index (χ0v) is 13.5. The lowest BCUT2D eigenvalue weighted by molar-refractivity contribution is -0.130. The van der Waals surface area contributed by atoms with Gasteiger partial charge in [0.25, 0.3) is 0 Å². The Bertz CT molecular complexity index is 425. The molecule has 4 unspecified atom stereocenters. The van der Waals surface area contributed by atoms with Crippen LogP contribution in [0.3, 0.4) is 0 Å². The zero-order valence-electron chi connectivity index (χ0n) is 13.5. The van der Waals surface area contributed by atoms with Crippen LogP contribution in [0.15, 0.2) is 11.8 Å². The molecule has 4 atom stereocenters. The van der Waals surface area contributed by atoms with Gasteiger partial charge in [-0.3, -0.25) is 4.79 Å². The van der Waals surface area contributed by atoms with Gasteiger partial charge in [0.2, 0.25) is 0 Å². The summed E-state index contributed by atoms with van der Waals surface area (Å²) in [5, 5.41) is 10.3. The van der Waals surface area contributed by atoms with Gasteiger partial charge in [0.15, 0.2) is 5.78 Å². The number of allylic oxidation sites excluding steroid dienone is 2. The normalized spacial score (nSPS) is 37.0. The maximum atomic E-state index is 12.7. The largest absolute Gasteiger partial charge is 0.512 e. The zero-order chi connectivity index (χ0) is 15.5. The van der Waals surface area contributed by atoms with Crippen molar-refractivity contribution in [1.29, 1.82) is 0 Å². The number of ketones is 1. The first-order chi connectivity index (χ1) is 10.7. The molecule has 0 aromatic carbocycles. The molecule has 2 saturated carbocycles. The third-order valence-electron chi connectivity index (χ3n) is 5.79. The van der Waals surface area contributed by atoms with Crippen molar-refractivity contribution in [1.82, 2.24) is 0 Å². The Kier molecular flexibility index (Phi) is 5.19. The highest BCUT2D eigenvalue weighted by molar-refractivity contribution is 5.92. The molecule has 0 aromatic rings. The predicted octanol–water partition coefficient (Wildman–Crippen LogP) is 3.41. The second-order valence-corrected chi connectivity index (χ2v) is 7.05. The highest BCUT2D eigenvalue weighted by atomic mass is 16.5. The summed E-state index contributed by atoms with van der Waals surface area (Å²) in [5.41, 5.74) is 0. The van der Waals surface area contributed by atoms with Crippen LogP contribution in [0.4, 0.5) is 0 Å². The topological polar surface area (TPSA) is 55.8 Å². The summed E-state index contributed by atoms with van der Waals surface area (Å²) in [5.74, 6) is 0.728. The quantitative estimate of drug-likeness (QED) is 0.639. The van der Waals surface area contributed by atoms with Crippen LogP contribution in [-0.4, -0.2) is 36.8 Å². The molecule has 2 aliphatic carbocycles. The Morgan fingerprint density at radius 1 is 1.14 bits per heavy atom. The minimum Gasteiger partial charge on any atom is -0.512 e. The van der Waals surface area contributed by atoms with Crippen LogP contribution in [0, 0.1) is 17.8 Å². The number of carbonyl (C=O) groups excluding carboxylic acids is 1. The van der Waals surface area contributed by atoms with Crippen LogP contribution in [0.25, 0.3) is 0 Å². The van der Waals surface area contributed by atoms with E-state index in [2.05, 4.69) is 0 Å². The van der Waals surface area contributed by atoms with Gasteiger partial charge in [-0.25, -0.2) is 0 Å². The van der Waals surface area contributed by atoms with E-state index >= 15 is 0 Å². The van der Waals surface area contributed by atoms with E-state index in [1.807, 2.05) is 0 Å². The van der Waals surface area contributed by atoms with Crippen LogP contribution < -0.4 is 0 Å². The van der Waals surface area contributed by atoms with Crippen molar-refractivity contribution < 1.29 is 19.4 Å². The smallest absolute Gasteiger partial charge is 0.164 e. The molecule has 0 amide bonds. The summed E-state index contributed by atoms with van der Waals surface area (Å²) < 4.78 is 11.4. The maximum absolute atomic E-state index is 12.7. The van der Waals surface area contributed by atoms with E-state index in [-0.39, 0.29) is 29.8 Å². The van der Waals surface area contributed by atoms with Crippen LogP contribution >= 0.6 is 0 Å². The average molecular weight is 308 g/mol. The summed E-state index contributed by atoms with van der Waals surface area (Å²) in [6.45, 7) is 0.777. The fourth-order valence-corrected chi connectivity index (χ4v) is 4.56. The molecule has 1 N–H and O–H groups in total. The number of aliphatic hydroxyl groups is 1. The highest BCUT2D eigenvalue weighted by Gasteiger charge is 2.45. The summed E-state index contributed by atoms with van der Waals surface area (Å²) in [6.07, 6.45) is 9.96. The number of hydrogen-bond acceptors (Lipinski definition) is 4.